The maximum absolute atomic E-state index is 13.3. The lowest BCUT2D eigenvalue weighted by Gasteiger charge is -2.58. The zero-order chi connectivity index (χ0) is 16.4. The molecular formula is C21H30O2. The first kappa shape index (κ1) is 15.6. The molecule has 2 nitrogen and oxygen atoms in total. The Balaban J connectivity index is 1.72. The van der Waals surface area contributed by atoms with Crippen LogP contribution >= 0.6 is 0 Å². The molecule has 0 radical (unpaired) electrons. The fraction of sp³-hybridized carbons (Fsp3) is 0.810. The van der Waals surface area contributed by atoms with Crippen LogP contribution in [-0.4, -0.2) is 11.6 Å². The van der Waals surface area contributed by atoms with Gasteiger partial charge in [-0.3, -0.25) is 9.59 Å². The van der Waals surface area contributed by atoms with Crippen LogP contribution in [-0.2, 0) is 9.59 Å². The molecule has 0 saturated heterocycles. The summed E-state index contributed by atoms with van der Waals surface area (Å²) < 4.78 is 0. The molecule has 7 atom stereocenters. The Morgan fingerprint density at radius 1 is 1.13 bits per heavy atom. The lowest BCUT2D eigenvalue weighted by molar-refractivity contribution is -0.154. The van der Waals surface area contributed by atoms with Gasteiger partial charge in [0, 0.05) is 18.3 Å². The number of carbonyl (C=O) groups is 2. The van der Waals surface area contributed by atoms with E-state index < -0.39 is 0 Å². The second-order valence-corrected chi connectivity index (χ2v) is 9.29. The minimum absolute atomic E-state index is 0.0578. The zero-order valence-corrected chi connectivity index (χ0v) is 14.8. The van der Waals surface area contributed by atoms with Crippen molar-refractivity contribution in [1.82, 2.24) is 0 Å². The van der Waals surface area contributed by atoms with E-state index in [1.165, 1.54) is 19.3 Å². The van der Waals surface area contributed by atoms with E-state index >= 15 is 0 Å². The van der Waals surface area contributed by atoms with Gasteiger partial charge in [0.1, 0.15) is 11.6 Å². The molecule has 2 heteroatoms. The first-order valence-electron chi connectivity index (χ1n) is 9.58. The van der Waals surface area contributed by atoms with Gasteiger partial charge >= 0.3 is 0 Å². The summed E-state index contributed by atoms with van der Waals surface area (Å²) in [6, 6.07) is 0. The highest BCUT2D eigenvalue weighted by atomic mass is 16.1. The number of fused-ring (bicyclic) bond motifs is 5. The molecule has 4 aliphatic rings. The molecule has 0 aromatic heterocycles. The number of hydrogen-bond acceptors (Lipinski definition) is 2. The standard InChI is InChI=1S/C21H30O2/c1-13(22)16-9-10-17-15-8-7-14-6-4-5-11-20(14,2)19(15)18(23)12-21(16,17)3/h4,6,14-17,19H,5,7-12H2,1-3H3/t14?,15-,16+,17-,19+,20-,21+/m0/s1. The monoisotopic (exact) mass is 314 g/mol. The van der Waals surface area contributed by atoms with Crippen molar-refractivity contribution >= 4 is 11.6 Å². The lowest BCUT2D eigenvalue weighted by Crippen LogP contribution is -2.56. The van der Waals surface area contributed by atoms with Crippen molar-refractivity contribution in [3.05, 3.63) is 12.2 Å². The van der Waals surface area contributed by atoms with Gasteiger partial charge in [0.2, 0.25) is 0 Å². The van der Waals surface area contributed by atoms with Crippen molar-refractivity contribution in [2.75, 3.05) is 0 Å². The summed E-state index contributed by atoms with van der Waals surface area (Å²) in [6.45, 7) is 6.37. The van der Waals surface area contributed by atoms with E-state index in [2.05, 4.69) is 26.0 Å². The molecule has 4 rings (SSSR count). The predicted molar refractivity (Wildman–Crippen MR) is 90.8 cm³/mol. The van der Waals surface area contributed by atoms with Gasteiger partial charge in [-0.15, -0.1) is 0 Å². The van der Waals surface area contributed by atoms with Crippen LogP contribution in [0.3, 0.4) is 0 Å². The highest BCUT2D eigenvalue weighted by Crippen LogP contribution is 2.65. The van der Waals surface area contributed by atoms with Crippen molar-refractivity contribution in [2.24, 2.45) is 40.4 Å². The summed E-state index contributed by atoms with van der Waals surface area (Å²) >= 11 is 0. The largest absolute Gasteiger partial charge is 0.300 e. The molecule has 3 fully saturated rings. The average molecular weight is 314 g/mol. The van der Waals surface area contributed by atoms with E-state index in [0.29, 0.717) is 35.7 Å². The van der Waals surface area contributed by atoms with Crippen molar-refractivity contribution in [1.29, 1.82) is 0 Å². The molecule has 0 heterocycles. The second kappa shape index (κ2) is 5.04. The molecule has 1 unspecified atom stereocenters. The van der Waals surface area contributed by atoms with Crippen LogP contribution < -0.4 is 0 Å². The third-order valence-electron chi connectivity index (χ3n) is 8.33. The van der Waals surface area contributed by atoms with E-state index in [1.54, 1.807) is 6.92 Å². The maximum atomic E-state index is 13.3. The van der Waals surface area contributed by atoms with Crippen LogP contribution in [0.25, 0.3) is 0 Å². The van der Waals surface area contributed by atoms with Gasteiger partial charge in [0.15, 0.2) is 0 Å². The first-order valence-corrected chi connectivity index (χ1v) is 9.58. The van der Waals surface area contributed by atoms with Gasteiger partial charge in [-0.25, -0.2) is 0 Å². The third-order valence-corrected chi connectivity index (χ3v) is 8.33. The summed E-state index contributed by atoms with van der Waals surface area (Å²) in [6.07, 6.45) is 12.3. The minimum Gasteiger partial charge on any atom is -0.300 e. The normalized spacial score (nSPS) is 51.8. The minimum atomic E-state index is -0.0578. The Morgan fingerprint density at radius 2 is 1.91 bits per heavy atom. The highest BCUT2D eigenvalue weighted by Gasteiger charge is 2.62. The fourth-order valence-corrected chi connectivity index (χ4v) is 7.31. The summed E-state index contributed by atoms with van der Waals surface area (Å²) in [5, 5.41) is 0. The number of allylic oxidation sites excluding steroid dienone is 2. The van der Waals surface area contributed by atoms with E-state index in [4.69, 9.17) is 0 Å². The Morgan fingerprint density at radius 3 is 2.65 bits per heavy atom. The van der Waals surface area contributed by atoms with Gasteiger partial charge in [0.05, 0.1) is 0 Å². The SMILES string of the molecule is CC(=O)[C@H]1CC[C@H]2[C@@H]3CCC4C=CCC[C@]4(C)[C@H]3C(=O)C[C@]12C. The molecule has 0 aliphatic heterocycles. The van der Waals surface area contributed by atoms with Crippen LogP contribution in [0.2, 0.25) is 0 Å². The Hall–Kier alpha value is -0.920. The number of hydrogen-bond donors (Lipinski definition) is 0. The molecule has 126 valence electrons. The van der Waals surface area contributed by atoms with Gasteiger partial charge in [-0.1, -0.05) is 26.0 Å². The van der Waals surface area contributed by atoms with Crippen molar-refractivity contribution in [3.63, 3.8) is 0 Å². The Kier molecular flexibility index (Phi) is 3.42. The van der Waals surface area contributed by atoms with Crippen LogP contribution in [0.4, 0.5) is 0 Å². The van der Waals surface area contributed by atoms with Gasteiger partial charge in [-0.05, 0) is 74.0 Å². The predicted octanol–water partition coefficient (Wildman–Crippen LogP) is 4.58. The van der Waals surface area contributed by atoms with Crippen LogP contribution in [0.15, 0.2) is 12.2 Å². The van der Waals surface area contributed by atoms with Crippen LogP contribution in [0.1, 0.15) is 65.7 Å². The molecule has 0 amide bonds. The molecule has 0 aromatic carbocycles. The lowest BCUT2D eigenvalue weighted by atomic mass is 9.45. The highest BCUT2D eigenvalue weighted by molar-refractivity contribution is 5.87. The van der Waals surface area contributed by atoms with Gasteiger partial charge < -0.3 is 0 Å². The van der Waals surface area contributed by atoms with E-state index in [9.17, 15) is 9.59 Å². The van der Waals surface area contributed by atoms with Crippen molar-refractivity contribution in [3.8, 4) is 0 Å². The first-order chi connectivity index (χ1) is 10.9. The number of Topliss-reactive ketones (excluding diaryl/α,β-unsaturated/α-hetero) is 2. The van der Waals surface area contributed by atoms with E-state index in [1.807, 2.05) is 0 Å². The topological polar surface area (TPSA) is 34.1 Å². The third kappa shape index (κ3) is 1.99. The second-order valence-electron chi connectivity index (χ2n) is 9.29. The van der Waals surface area contributed by atoms with E-state index in [-0.39, 0.29) is 22.7 Å². The van der Waals surface area contributed by atoms with Crippen molar-refractivity contribution in [2.45, 2.75) is 65.7 Å². The maximum Gasteiger partial charge on any atom is 0.137 e. The molecular weight excluding hydrogens is 284 g/mol. The van der Waals surface area contributed by atoms with Crippen LogP contribution in [0, 0.1) is 40.4 Å². The van der Waals surface area contributed by atoms with Gasteiger partial charge in [0.25, 0.3) is 0 Å². The average Bonchev–Trinajstić information content (AvgIpc) is 2.82. The van der Waals surface area contributed by atoms with Gasteiger partial charge in [-0.2, -0.15) is 0 Å². The number of rotatable bonds is 1. The number of ketones is 2. The fourth-order valence-electron chi connectivity index (χ4n) is 7.31. The van der Waals surface area contributed by atoms with E-state index in [0.717, 1.165) is 19.3 Å². The Bertz CT molecular complexity index is 576. The zero-order valence-electron chi connectivity index (χ0n) is 14.8. The Labute approximate surface area is 140 Å². The molecule has 0 spiro atoms. The summed E-state index contributed by atoms with van der Waals surface area (Å²) in [4.78, 5) is 25.4. The summed E-state index contributed by atoms with van der Waals surface area (Å²) in [5.74, 6) is 2.85. The molecule has 23 heavy (non-hydrogen) atoms. The smallest absolute Gasteiger partial charge is 0.137 e. The quantitative estimate of drug-likeness (QED) is 0.664. The molecule has 3 saturated carbocycles. The molecule has 0 aromatic rings. The molecule has 0 bridgehead atoms. The number of carbonyl (C=O) groups excluding carboxylic acids is 2. The summed E-state index contributed by atoms with van der Waals surface area (Å²) in [5.41, 5.74) is 0.113. The van der Waals surface area contributed by atoms with Crippen molar-refractivity contribution < 1.29 is 9.59 Å². The van der Waals surface area contributed by atoms with Crippen LogP contribution in [0.5, 0.6) is 0 Å². The molecule has 4 aliphatic carbocycles. The summed E-state index contributed by atoms with van der Waals surface area (Å²) in [7, 11) is 0. The molecule has 0 N–H and O–H groups in total.